The van der Waals surface area contributed by atoms with Gasteiger partial charge >= 0.3 is 0 Å². The van der Waals surface area contributed by atoms with Crippen LogP contribution in [0.2, 0.25) is 5.02 Å². The first-order chi connectivity index (χ1) is 10.6. The number of aromatic nitrogens is 2. The number of carbonyl (C=O) groups excluding carboxylic acids is 1. The minimum absolute atomic E-state index is 0.254. The van der Waals surface area contributed by atoms with Crippen LogP contribution in [0.25, 0.3) is 6.08 Å². The van der Waals surface area contributed by atoms with E-state index in [1.165, 1.54) is 17.4 Å². The van der Waals surface area contributed by atoms with Crippen molar-refractivity contribution in [3.63, 3.8) is 0 Å². The molecule has 1 N–H and O–H groups in total. The fourth-order valence-electron chi connectivity index (χ4n) is 1.49. The van der Waals surface area contributed by atoms with E-state index in [1.807, 2.05) is 18.2 Å². The Bertz CT molecular complexity index is 672. The van der Waals surface area contributed by atoms with E-state index in [2.05, 4.69) is 29.4 Å². The van der Waals surface area contributed by atoms with Crippen LogP contribution in [-0.2, 0) is 4.79 Å². The monoisotopic (exact) mass is 353 g/mol. The van der Waals surface area contributed by atoms with Gasteiger partial charge in [0.2, 0.25) is 11.0 Å². The van der Waals surface area contributed by atoms with Crippen molar-refractivity contribution in [2.45, 2.75) is 29.9 Å². The first-order valence-electron chi connectivity index (χ1n) is 6.82. The normalized spacial score (nSPS) is 12.5. The van der Waals surface area contributed by atoms with E-state index >= 15 is 0 Å². The van der Waals surface area contributed by atoms with Crippen molar-refractivity contribution in [2.24, 2.45) is 0 Å². The third kappa shape index (κ3) is 5.12. The molecule has 2 rings (SSSR count). The summed E-state index contributed by atoms with van der Waals surface area (Å²) in [5.74, 6) is -0.254. The molecule has 1 atom stereocenters. The standard InChI is InChI=1S/C15H16ClN3OS2/c1-3-10(2)21-15-19-18-14(22-15)17-13(20)9-8-11-6-4-5-7-12(11)16/h4-10H,3H2,1-2H3,(H,17,18,20)/b9-8+. The quantitative estimate of drug-likeness (QED) is 0.463. The van der Waals surface area contributed by atoms with E-state index in [-0.39, 0.29) is 5.91 Å². The molecule has 1 aromatic carbocycles. The molecule has 0 bridgehead atoms. The van der Waals surface area contributed by atoms with E-state index in [1.54, 1.807) is 23.9 Å². The lowest BCUT2D eigenvalue weighted by molar-refractivity contribution is -0.111. The fourth-order valence-corrected chi connectivity index (χ4v) is 3.69. The minimum atomic E-state index is -0.254. The van der Waals surface area contributed by atoms with E-state index in [4.69, 9.17) is 11.6 Å². The smallest absolute Gasteiger partial charge is 0.250 e. The van der Waals surface area contributed by atoms with Gasteiger partial charge in [-0.1, -0.05) is 66.7 Å². The molecule has 1 unspecified atom stereocenters. The molecule has 0 saturated heterocycles. The maximum atomic E-state index is 11.9. The summed E-state index contributed by atoms with van der Waals surface area (Å²) in [7, 11) is 0. The molecular formula is C15H16ClN3OS2. The second kappa shape index (κ2) is 8.31. The van der Waals surface area contributed by atoms with Crippen molar-refractivity contribution in [3.05, 3.63) is 40.9 Å². The molecule has 4 nitrogen and oxygen atoms in total. The van der Waals surface area contributed by atoms with Crippen molar-refractivity contribution in [2.75, 3.05) is 5.32 Å². The third-order valence-corrected chi connectivity index (χ3v) is 5.37. The van der Waals surface area contributed by atoms with Crippen molar-refractivity contribution in [3.8, 4) is 0 Å². The van der Waals surface area contributed by atoms with Crippen LogP contribution >= 0.6 is 34.7 Å². The summed E-state index contributed by atoms with van der Waals surface area (Å²) in [5, 5.41) is 12.3. The molecule has 0 spiro atoms. The number of anilines is 1. The summed E-state index contributed by atoms with van der Waals surface area (Å²) < 4.78 is 0.861. The van der Waals surface area contributed by atoms with Gasteiger partial charge in [0, 0.05) is 16.3 Å². The average molecular weight is 354 g/mol. The number of nitrogens with zero attached hydrogens (tertiary/aromatic N) is 2. The number of halogens is 1. The summed E-state index contributed by atoms with van der Waals surface area (Å²) >= 11 is 9.07. The third-order valence-electron chi connectivity index (χ3n) is 2.83. The molecule has 22 heavy (non-hydrogen) atoms. The van der Waals surface area contributed by atoms with Gasteiger partial charge in [-0.15, -0.1) is 10.2 Å². The molecule has 1 heterocycles. The van der Waals surface area contributed by atoms with Crippen LogP contribution in [0.5, 0.6) is 0 Å². The van der Waals surface area contributed by atoms with E-state index in [0.717, 1.165) is 16.3 Å². The maximum absolute atomic E-state index is 11.9. The van der Waals surface area contributed by atoms with Gasteiger partial charge in [-0.25, -0.2) is 0 Å². The molecule has 116 valence electrons. The fraction of sp³-hybridized carbons (Fsp3) is 0.267. The Balaban J connectivity index is 1.93. The zero-order chi connectivity index (χ0) is 15.9. The predicted molar refractivity (Wildman–Crippen MR) is 94.6 cm³/mol. The van der Waals surface area contributed by atoms with Gasteiger partial charge in [-0.05, 0) is 24.1 Å². The number of hydrogen-bond acceptors (Lipinski definition) is 5. The number of nitrogens with one attached hydrogen (secondary N) is 1. The average Bonchev–Trinajstić information content (AvgIpc) is 2.93. The van der Waals surface area contributed by atoms with Gasteiger partial charge in [0.15, 0.2) is 4.34 Å². The Morgan fingerprint density at radius 2 is 2.23 bits per heavy atom. The molecule has 0 fully saturated rings. The summed E-state index contributed by atoms with van der Waals surface area (Å²) in [6.45, 7) is 4.26. The highest BCUT2D eigenvalue weighted by atomic mass is 35.5. The van der Waals surface area contributed by atoms with Crippen LogP contribution in [0.15, 0.2) is 34.7 Å². The highest BCUT2D eigenvalue weighted by Crippen LogP contribution is 2.29. The van der Waals surface area contributed by atoms with Gasteiger partial charge in [-0.3, -0.25) is 10.1 Å². The van der Waals surface area contributed by atoms with E-state index in [0.29, 0.717) is 15.4 Å². The largest absolute Gasteiger partial charge is 0.297 e. The number of amides is 1. The van der Waals surface area contributed by atoms with Crippen LogP contribution in [0.3, 0.4) is 0 Å². The minimum Gasteiger partial charge on any atom is -0.297 e. The van der Waals surface area contributed by atoms with Crippen molar-refractivity contribution < 1.29 is 4.79 Å². The lowest BCUT2D eigenvalue weighted by atomic mass is 10.2. The van der Waals surface area contributed by atoms with Gasteiger partial charge in [0.25, 0.3) is 0 Å². The zero-order valence-corrected chi connectivity index (χ0v) is 14.6. The van der Waals surface area contributed by atoms with Gasteiger partial charge < -0.3 is 0 Å². The van der Waals surface area contributed by atoms with Gasteiger partial charge in [0.1, 0.15) is 0 Å². The van der Waals surface area contributed by atoms with Crippen LogP contribution in [0.4, 0.5) is 5.13 Å². The predicted octanol–water partition coefficient (Wildman–Crippen LogP) is 4.73. The molecule has 0 saturated carbocycles. The number of hydrogen-bond donors (Lipinski definition) is 1. The lowest BCUT2D eigenvalue weighted by Crippen LogP contribution is -2.07. The first-order valence-corrected chi connectivity index (χ1v) is 8.89. The Morgan fingerprint density at radius 1 is 1.45 bits per heavy atom. The first kappa shape index (κ1) is 17.0. The second-order valence-electron chi connectivity index (χ2n) is 4.55. The Kier molecular flexibility index (Phi) is 6.42. The Labute approximate surface area is 143 Å². The summed E-state index contributed by atoms with van der Waals surface area (Å²) in [6, 6.07) is 7.34. The SMILES string of the molecule is CCC(C)Sc1nnc(NC(=O)/C=C/c2ccccc2Cl)s1. The summed E-state index contributed by atoms with van der Waals surface area (Å²) in [6.07, 6.45) is 4.17. The Morgan fingerprint density at radius 3 is 2.95 bits per heavy atom. The summed E-state index contributed by atoms with van der Waals surface area (Å²) in [5.41, 5.74) is 0.796. The van der Waals surface area contributed by atoms with E-state index < -0.39 is 0 Å². The highest BCUT2D eigenvalue weighted by Gasteiger charge is 2.09. The number of rotatable bonds is 6. The van der Waals surface area contributed by atoms with Crippen molar-refractivity contribution >= 4 is 51.8 Å². The molecule has 2 aromatic rings. The zero-order valence-electron chi connectivity index (χ0n) is 12.2. The maximum Gasteiger partial charge on any atom is 0.250 e. The van der Waals surface area contributed by atoms with Crippen LogP contribution < -0.4 is 5.32 Å². The molecule has 0 radical (unpaired) electrons. The number of carbonyl (C=O) groups is 1. The molecule has 7 heteroatoms. The van der Waals surface area contributed by atoms with Crippen molar-refractivity contribution in [1.82, 2.24) is 10.2 Å². The number of benzene rings is 1. The topological polar surface area (TPSA) is 54.9 Å². The number of thioether (sulfide) groups is 1. The summed E-state index contributed by atoms with van der Waals surface area (Å²) in [4.78, 5) is 11.9. The van der Waals surface area contributed by atoms with Gasteiger partial charge in [0.05, 0.1) is 0 Å². The molecule has 1 amide bonds. The van der Waals surface area contributed by atoms with E-state index in [9.17, 15) is 4.79 Å². The van der Waals surface area contributed by atoms with Crippen LogP contribution in [-0.4, -0.2) is 21.4 Å². The van der Waals surface area contributed by atoms with Gasteiger partial charge in [-0.2, -0.15) is 0 Å². The lowest BCUT2D eigenvalue weighted by Gasteiger charge is -2.02. The molecular weight excluding hydrogens is 338 g/mol. The molecule has 1 aromatic heterocycles. The Hall–Kier alpha value is -1.37. The van der Waals surface area contributed by atoms with Crippen LogP contribution in [0.1, 0.15) is 25.8 Å². The van der Waals surface area contributed by atoms with Crippen molar-refractivity contribution in [1.29, 1.82) is 0 Å². The molecule has 0 aliphatic heterocycles. The molecule has 0 aliphatic rings. The van der Waals surface area contributed by atoms with Crippen LogP contribution in [0, 0.1) is 0 Å². The second-order valence-corrected chi connectivity index (χ2v) is 7.62. The molecule has 0 aliphatic carbocycles. The highest BCUT2D eigenvalue weighted by molar-refractivity contribution is 8.01.